The van der Waals surface area contributed by atoms with Crippen LogP contribution in [-0.2, 0) is 0 Å². The van der Waals surface area contributed by atoms with Gasteiger partial charge in [-0.3, -0.25) is 0 Å². The summed E-state index contributed by atoms with van der Waals surface area (Å²) in [5, 5.41) is 0. The largest absolute Gasteiger partial charge is 0.368 e. The lowest BCUT2D eigenvalue weighted by atomic mass is 10.2. The Balaban J connectivity index is 2.23. The Morgan fingerprint density at radius 2 is 1.94 bits per heavy atom. The van der Waals surface area contributed by atoms with Crippen molar-refractivity contribution >= 4 is 17.8 Å². The summed E-state index contributed by atoms with van der Waals surface area (Å²) in [4.78, 5) is 19.1. The molecule has 1 aromatic rings. The number of anilines is 3. The van der Waals surface area contributed by atoms with Crippen LogP contribution in [0.15, 0.2) is 0 Å². The van der Waals surface area contributed by atoms with E-state index in [0.717, 1.165) is 19.6 Å². The molecule has 1 aliphatic rings. The van der Waals surface area contributed by atoms with Gasteiger partial charge in [0.15, 0.2) is 0 Å². The van der Waals surface area contributed by atoms with Gasteiger partial charge in [0.2, 0.25) is 17.8 Å². The summed E-state index contributed by atoms with van der Waals surface area (Å²) in [6.45, 7) is 5.03. The van der Waals surface area contributed by atoms with Crippen molar-refractivity contribution in [1.82, 2.24) is 19.9 Å². The maximum Gasteiger partial charge on any atom is 0.232 e. The summed E-state index contributed by atoms with van der Waals surface area (Å²) >= 11 is 0. The minimum Gasteiger partial charge on any atom is -0.368 e. The molecule has 18 heavy (non-hydrogen) atoms. The highest BCUT2D eigenvalue weighted by Gasteiger charge is 2.23. The molecule has 7 heteroatoms. The Hall–Kier alpha value is -1.63. The van der Waals surface area contributed by atoms with Crippen molar-refractivity contribution in [2.45, 2.75) is 13.0 Å². The van der Waals surface area contributed by atoms with Gasteiger partial charge < -0.3 is 20.4 Å². The van der Waals surface area contributed by atoms with Crippen molar-refractivity contribution < 1.29 is 0 Å². The molecule has 1 unspecified atom stereocenters. The third-order valence-corrected chi connectivity index (χ3v) is 3.27. The maximum absolute atomic E-state index is 5.74. The van der Waals surface area contributed by atoms with E-state index in [1.807, 2.05) is 19.0 Å². The van der Waals surface area contributed by atoms with E-state index in [1.54, 1.807) is 0 Å². The molecule has 1 aromatic heterocycles. The van der Waals surface area contributed by atoms with Crippen LogP contribution in [0.25, 0.3) is 0 Å². The molecule has 1 atom stereocenters. The highest BCUT2D eigenvalue weighted by molar-refractivity contribution is 5.43. The Bertz CT molecular complexity index is 420. The van der Waals surface area contributed by atoms with E-state index in [-0.39, 0.29) is 5.95 Å². The lowest BCUT2D eigenvalue weighted by Crippen LogP contribution is -2.50. The molecule has 0 aromatic carbocycles. The van der Waals surface area contributed by atoms with Crippen molar-refractivity contribution in [1.29, 1.82) is 0 Å². The highest BCUT2D eigenvalue weighted by Crippen LogP contribution is 2.17. The summed E-state index contributed by atoms with van der Waals surface area (Å²) in [5.74, 6) is 1.55. The molecule has 1 saturated heterocycles. The van der Waals surface area contributed by atoms with Gasteiger partial charge in [-0.15, -0.1) is 0 Å². The van der Waals surface area contributed by atoms with Crippen molar-refractivity contribution in [3.63, 3.8) is 0 Å². The summed E-state index contributed by atoms with van der Waals surface area (Å²) in [5.41, 5.74) is 5.74. The van der Waals surface area contributed by atoms with Crippen LogP contribution < -0.4 is 15.5 Å². The van der Waals surface area contributed by atoms with Gasteiger partial charge in [-0.2, -0.15) is 15.0 Å². The zero-order chi connectivity index (χ0) is 13.3. The van der Waals surface area contributed by atoms with Gasteiger partial charge in [-0.25, -0.2) is 0 Å². The topological polar surface area (TPSA) is 74.4 Å². The molecule has 0 radical (unpaired) electrons. The monoisotopic (exact) mass is 251 g/mol. The maximum atomic E-state index is 5.74. The average Bonchev–Trinajstić information content (AvgIpc) is 2.31. The van der Waals surface area contributed by atoms with Gasteiger partial charge in [0.1, 0.15) is 0 Å². The van der Waals surface area contributed by atoms with E-state index < -0.39 is 0 Å². The van der Waals surface area contributed by atoms with E-state index in [0.29, 0.717) is 17.9 Å². The van der Waals surface area contributed by atoms with Gasteiger partial charge in [0.05, 0.1) is 0 Å². The van der Waals surface area contributed by atoms with Crippen LogP contribution in [0.3, 0.4) is 0 Å². The Kier molecular flexibility index (Phi) is 3.51. The zero-order valence-corrected chi connectivity index (χ0v) is 11.5. The molecular formula is C11H21N7. The Morgan fingerprint density at radius 1 is 1.22 bits per heavy atom. The highest BCUT2D eigenvalue weighted by atomic mass is 15.4. The molecule has 2 rings (SSSR count). The van der Waals surface area contributed by atoms with E-state index in [1.165, 1.54) is 0 Å². The Morgan fingerprint density at radius 3 is 2.56 bits per heavy atom. The SMILES string of the molecule is CC1CN(c2nc(N)nc(N(C)C)n2)CCN1C. The fraction of sp³-hybridized carbons (Fsp3) is 0.727. The molecule has 0 bridgehead atoms. The number of aromatic nitrogens is 3. The Labute approximate surface area is 108 Å². The van der Waals surface area contributed by atoms with Crippen LogP contribution in [0.1, 0.15) is 6.92 Å². The molecular weight excluding hydrogens is 230 g/mol. The standard InChI is InChI=1S/C11H21N7/c1-8-7-18(6-5-17(8)4)11-14-9(12)13-10(15-11)16(2)3/h8H,5-7H2,1-4H3,(H2,12,13,14,15). The van der Waals surface area contributed by atoms with Crippen molar-refractivity contribution in [3.8, 4) is 0 Å². The summed E-state index contributed by atoms with van der Waals surface area (Å²) in [6.07, 6.45) is 0. The van der Waals surface area contributed by atoms with Crippen LogP contribution >= 0.6 is 0 Å². The quantitative estimate of drug-likeness (QED) is 0.770. The van der Waals surface area contributed by atoms with E-state index >= 15 is 0 Å². The number of nitrogens with two attached hydrogens (primary N) is 1. The molecule has 7 nitrogen and oxygen atoms in total. The lowest BCUT2D eigenvalue weighted by molar-refractivity contribution is 0.233. The second-order valence-electron chi connectivity index (χ2n) is 4.96. The average molecular weight is 251 g/mol. The second kappa shape index (κ2) is 4.93. The van der Waals surface area contributed by atoms with E-state index in [4.69, 9.17) is 5.73 Å². The smallest absolute Gasteiger partial charge is 0.232 e. The molecule has 0 aliphatic carbocycles. The zero-order valence-electron chi connectivity index (χ0n) is 11.5. The number of piperazine rings is 1. The first-order chi connectivity index (χ1) is 8.47. The molecule has 1 fully saturated rings. The third-order valence-electron chi connectivity index (χ3n) is 3.27. The number of likely N-dealkylation sites (N-methyl/N-ethyl adjacent to an activating group) is 1. The van der Waals surface area contributed by atoms with Gasteiger partial charge in [0.25, 0.3) is 0 Å². The lowest BCUT2D eigenvalue weighted by Gasteiger charge is -2.37. The minimum atomic E-state index is 0.273. The first-order valence-corrected chi connectivity index (χ1v) is 6.11. The second-order valence-corrected chi connectivity index (χ2v) is 4.96. The summed E-state index contributed by atoms with van der Waals surface area (Å²) < 4.78 is 0. The fourth-order valence-electron chi connectivity index (χ4n) is 1.94. The molecule has 2 N–H and O–H groups in total. The van der Waals surface area contributed by atoms with E-state index in [9.17, 15) is 0 Å². The predicted octanol–water partition coefficient (Wildman–Crippen LogP) is -0.340. The van der Waals surface area contributed by atoms with Crippen LogP contribution in [0.2, 0.25) is 0 Å². The first kappa shape index (κ1) is 12.8. The normalized spacial score (nSPS) is 21.1. The number of rotatable bonds is 2. The van der Waals surface area contributed by atoms with Crippen LogP contribution in [-0.4, -0.2) is 66.7 Å². The fourth-order valence-corrected chi connectivity index (χ4v) is 1.94. The number of nitrogens with zero attached hydrogens (tertiary/aromatic N) is 6. The molecule has 0 saturated carbocycles. The molecule has 2 heterocycles. The van der Waals surface area contributed by atoms with Gasteiger partial charge in [0, 0.05) is 39.8 Å². The van der Waals surface area contributed by atoms with Crippen molar-refractivity contribution in [2.75, 3.05) is 56.3 Å². The van der Waals surface area contributed by atoms with Crippen LogP contribution in [0, 0.1) is 0 Å². The summed E-state index contributed by atoms with van der Waals surface area (Å²) in [6, 6.07) is 0.486. The minimum absolute atomic E-state index is 0.273. The third kappa shape index (κ3) is 2.61. The molecule has 1 aliphatic heterocycles. The molecule has 0 spiro atoms. The van der Waals surface area contributed by atoms with E-state index in [2.05, 4.69) is 38.7 Å². The molecule has 0 amide bonds. The predicted molar refractivity (Wildman–Crippen MR) is 72.9 cm³/mol. The number of hydrogen-bond acceptors (Lipinski definition) is 7. The van der Waals surface area contributed by atoms with Gasteiger partial charge in [-0.1, -0.05) is 0 Å². The number of nitrogen functional groups attached to an aromatic ring is 1. The van der Waals surface area contributed by atoms with Gasteiger partial charge in [-0.05, 0) is 14.0 Å². The van der Waals surface area contributed by atoms with Crippen molar-refractivity contribution in [3.05, 3.63) is 0 Å². The number of hydrogen-bond donors (Lipinski definition) is 1. The first-order valence-electron chi connectivity index (χ1n) is 6.11. The van der Waals surface area contributed by atoms with Crippen LogP contribution in [0.4, 0.5) is 17.8 Å². The summed E-state index contributed by atoms with van der Waals surface area (Å²) in [7, 11) is 5.92. The van der Waals surface area contributed by atoms with Crippen LogP contribution in [0.5, 0.6) is 0 Å². The van der Waals surface area contributed by atoms with Gasteiger partial charge >= 0.3 is 0 Å². The van der Waals surface area contributed by atoms with Crippen molar-refractivity contribution in [2.24, 2.45) is 0 Å². The molecule has 100 valence electrons.